The maximum absolute atomic E-state index is 12.2. The van der Waals surface area contributed by atoms with E-state index in [4.69, 9.17) is 5.73 Å². The van der Waals surface area contributed by atoms with Crippen LogP contribution >= 0.6 is 11.3 Å². The summed E-state index contributed by atoms with van der Waals surface area (Å²) in [5, 5.41) is 5.29. The fourth-order valence-corrected chi connectivity index (χ4v) is 3.28. The Kier molecular flexibility index (Phi) is 5.60. The molecule has 3 N–H and O–H groups in total. The summed E-state index contributed by atoms with van der Waals surface area (Å²) in [5.74, 6) is 0.0918. The maximum atomic E-state index is 12.2. The number of hydrogen-bond acceptors (Lipinski definition) is 5. The van der Waals surface area contributed by atoms with Crippen molar-refractivity contribution in [2.24, 2.45) is 5.73 Å². The SMILES string of the molecule is CS(=O)CC(NC(=O)c1csc(CN)n1)c1ccccc1. The van der Waals surface area contributed by atoms with Gasteiger partial charge in [-0.1, -0.05) is 30.3 Å². The number of hydrogen-bond donors (Lipinski definition) is 2. The van der Waals surface area contributed by atoms with Crippen molar-refractivity contribution in [2.75, 3.05) is 12.0 Å². The van der Waals surface area contributed by atoms with Gasteiger partial charge in [0.15, 0.2) is 0 Å². The third-order valence-corrected chi connectivity index (χ3v) is 4.54. The first-order valence-electron chi connectivity index (χ1n) is 6.40. The first-order valence-corrected chi connectivity index (χ1v) is 9.01. The Balaban J connectivity index is 2.14. The molecule has 2 atom stereocenters. The van der Waals surface area contributed by atoms with E-state index < -0.39 is 10.8 Å². The quantitative estimate of drug-likeness (QED) is 0.842. The molecule has 1 aromatic carbocycles. The Morgan fingerprint density at radius 3 is 2.71 bits per heavy atom. The molecule has 5 nitrogen and oxygen atoms in total. The lowest BCUT2D eigenvalue weighted by molar-refractivity contribution is 0.0936. The molecule has 21 heavy (non-hydrogen) atoms. The van der Waals surface area contributed by atoms with Crippen molar-refractivity contribution in [1.82, 2.24) is 10.3 Å². The zero-order valence-corrected chi connectivity index (χ0v) is 13.2. The van der Waals surface area contributed by atoms with Crippen LogP contribution in [0.25, 0.3) is 0 Å². The molecule has 1 amide bonds. The van der Waals surface area contributed by atoms with Gasteiger partial charge in [-0.2, -0.15) is 0 Å². The molecule has 0 aliphatic rings. The maximum Gasteiger partial charge on any atom is 0.271 e. The van der Waals surface area contributed by atoms with Crippen LogP contribution in [-0.2, 0) is 17.3 Å². The fraction of sp³-hybridized carbons (Fsp3) is 0.286. The van der Waals surface area contributed by atoms with Gasteiger partial charge in [0.05, 0.1) is 6.04 Å². The lowest BCUT2D eigenvalue weighted by Crippen LogP contribution is -2.32. The van der Waals surface area contributed by atoms with Crippen molar-refractivity contribution in [3.63, 3.8) is 0 Å². The van der Waals surface area contributed by atoms with Gasteiger partial charge < -0.3 is 11.1 Å². The highest BCUT2D eigenvalue weighted by Gasteiger charge is 2.18. The third kappa shape index (κ3) is 4.45. The van der Waals surface area contributed by atoms with E-state index in [9.17, 15) is 9.00 Å². The molecule has 0 aliphatic carbocycles. The van der Waals surface area contributed by atoms with Crippen LogP contribution < -0.4 is 11.1 Å². The van der Waals surface area contributed by atoms with E-state index in [0.717, 1.165) is 10.6 Å². The topological polar surface area (TPSA) is 85.1 Å². The predicted molar refractivity (Wildman–Crippen MR) is 85.6 cm³/mol. The first-order chi connectivity index (χ1) is 10.1. The summed E-state index contributed by atoms with van der Waals surface area (Å²) in [5.41, 5.74) is 6.77. The van der Waals surface area contributed by atoms with Crippen molar-refractivity contribution >= 4 is 28.0 Å². The van der Waals surface area contributed by atoms with Gasteiger partial charge in [0.25, 0.3) is 5.91 Å². The molecule has 0 aliphatic heterocycles. The van der Waals surface area contributed by atoms with Gasteiger partial charge >= 0.3 is 0 Å². The van der Waals surface area contributed by atoms with Gasteiger partial charge in [0, 0.05) is 34.7 Å². The lowest BCUT2D eigenvalue weighted by Gasteiger charge is -2.17. The molecule has 0 fully saturated rings. The minimum Gasteiger partial charge on any atom is -0.343 e. The van der Waals surface area contributed by atoms with Crippen LogP contribution in [0.5, 0.6) is 0 Å². The molecule has 0 spiro atoms. The van der Waals surface area contributed by atoms with Crippen molar-refractivity contribution in [1.29, 1.82) is 0 Å². The standard InChI is InChI=1S/C14H17N3O2S2/c1-21(19)9-12(10-5-3-2-4-6-10)17-14(18)11-8-20-13(7-15)16-11/h2-6,8,12H,7,9,15H2,1H3,(H,17,18). The van der Waals surface area contributed by atoms with E-state index in [1.165, 1.54) is 11.3 Å². The van der Waals surface area contributed by atoms with Crippen LogP contribution in [0.3, 0.4) is 0 Å². The van der Waals surface area contributed by atoms with Gasteiger partial charge in [0.2, 0.25) is 0 Å². The fourth-order valence-electron chi connectivity index (χ4n) is 1.88. The Labute approximate surface area is 130 Å². The zero-order chi connectivity index (χ0) is 15.2. The molecule has 2 unspecified atom stereocenters. The number of aromatic nitrogens is 1. The van der Waals surface area contributed by atoms with Gasteiger partial charge in [-0.3, -0.25) is 9.00 Å². The number of rotatable bonds is 6. The van der Waals surface area contributed by atoms with Gasteiger partial charge in [-0.05, 0) is 5.56 Å². The average molecular weight is 323 g/mol. The Morgan fingerprint density at radius 1 is 1.43 bits per heavy atom. The minimum absolute atomic E-state index is 0.273. The molecule has 0 saturated carbocycles. The highest BCUT2D eigenvalue weighted by Crippen LogP contribution is 2.15. The summed E-state index contributed by atoms with van der Waals surface area (Å²) in [7, 11) is -1.02. The first kappa shape index (κ1) is 15.8. The summed E-state index contributed by atoms with van der Waals surface area (Å²) in [6.45, 7) is 0.318. The van der Waals surface area contributed by atoms with E-state index in [-0.39, 0.29) is 11.9 Å². The van der Waals surface area contributed by atoms with E-state index in [2.05, 4.69) is 10.3 Å². The molecule has 112 valence electrons. The Bertz CT molecular complexity index is 628. The smallest absolute Gasteiger partial charge is 0.271 e. The molecule has 1 aromatic heterocycles. The summed E-state index contributed by atoms with van der Waals surface area (Å²) >= 11 is 1.36. The van der Waals surface area contributed by atoms with Crippen molar-refractivity contribution < 1.29 is 9.00 Å². The molecular formula is C14H17N3O2S2. The van der Waals surface area contributed by atoms with Crippen molar-refractivity contribution in [3.8, 4) is 0 Å². The van der Waals surface area contributed by atoms with Crippen LogP contribution in [0, 0.1) is 0 Å². The summed E-state index contributed by atoms with van der Waals surface area (Å²) in [4.78, 5) is 16.4. The highest BCUT2D eigenvalue weighted by atomic mass is 32.2. The largest absolute Gasteiger partial charge is 0.343 e. The normalized spacial score (nSPS) is 13.6. The second kappa shape index (κ2) is 7.44. The number of nitrogens with one attached hydrogen (secondary N) is 1. The average Bonchev–Trinajstić information content (AvgIpc) is 2.96. The minimum atomic E-state index is -1.02. The molecule has 1 heterocycles. The van der Waals surface area contributed by atoms with Crippen molar-refractivity contribution in [3.05, 3.63) is 52.0 Å². The molecule has 2 rings (SSSR count). The second-order valence-electron chi connectivity index (χ2n) is 4.51. The lowest BCUT2D eigenvalue weighted by atomic mass is 10.1. The molecule has 0 bridgehead atoms. The summed E-state index contributed by atoms with van der Waals surface area (Å²) < 4.78 is 11.5. The number of thiazole rings is 1. The van der Waals surface area contributed by atoms with Crippen LogP contribution in [0.2, 0.25) is 0 Å². The van der Waals surface area contributed by atoms with E-state index >= 15 is 0 Å². The highest BCUT2D eigenvalue weighted by molar-refractivity contribution is 7.84. The van der Waals surface area contributed by atoms with E-state index in [1.54, 1.807) is 11.6 Å². The van der Waals surface area contributed by atoms with Crippen LogP contribution in [0.4, 0.5) is 0 Å². The van der Waals surface area contributed by atoms with Crippen molar-refractivity contribution in [2.45, 2.75) is 12.6 Å². The van der Waals surface area contributed by atoms with E-state index in [1.807, 2.05) is 30.3 Å². The zero-order valence-electron chi connectivity index (χ0n) is 11.6. The predicted octanol–water partition coefficient (Wildman–Crippen LogP) is 1.45. The summed E-state index contributed by atoms with van der Waals surface area (Å²) in [6, 6.07) is 9.20. The number of nitrogens with two attached hydrogens (primary N) is 1. The molecule has 2 aromatic rings. The molecule has 7 heteroatoms. The Morgan fingerprint density at radius 2 is 2.14 bits per heavy atom. The van der Waals surface area contributed by atoms with Crippen LogP contribution in [0.1, 0.15) is 27.1 Å². The number of benzene rings is 1. The molecule has 0 radical (unpaired) electrons. The molecular weight excluding hydrogens is 306 g/mol. The second-order valence-corrected chi connectivity index (χ2v) is 6.93. The van der Waals surface area contributed by atoms with Gasteiger partial charge in [-0.25, -0.2) is 4.98 Å². The van der Waals surface area contributed by atoms with E-state index in [0.29, 0.717) is 18.0 Å². The van der Waals surface area contributed by atoms with Gasteiger partial charge in [-0.15, -0.1) is 11.3 Å². The number of carbonyl (C=O) groups excluding carboxylic acids is 1. The number of carbonyl (C=O) groups is 1. The Hall–Kier alpha value is -1.57. The monoisotopic (exact) mass is 323 g/mol. The summed E-state index contributed by atoms with van der Waals surface area (Å²) in [6.07, 6.45) is 1.62. The van der Waals surface area contributed by atoms with Gasteiger partial charge in [0.1, 0.15) is 10.7 Å². The third-order valence-electron chi connectivity index (χ3n) is 2.87. The van der Waals surface area contributed by atoms with Crippen LogP contribution in [-0.4, -0.2) is 27.1 Å². The van der Waals surface area contributed by atoms with Crippen LogP contribution in [0.15, 0.2) is 35.7 Å². The number of nitrogens with zero attached hydrogens (tertiary/aromatic N) is 1. The number of amides is 1. The molecule has 0 saturated heterocycles.